The van der Waals surface area contributed by atoms with E-state index in [2.05, 4.69) is 5.32 Å². The Morgan fingerprint density at radius 2 is 2.00 bits per heavy atom. The number of hydrogen-bond donors (Lipinski definition) is 1. The maximum absolute atomic E-state index is 12.4. The number of amides is 2. The van der Waals surface area contributed by atoms with E-state index in [0.717, 1.165) is 12.8 Å². The number of rotatable bonds is 6. The van der Waals surface area contributed by atoms with Crippen LogP contribution in [0.25, 0.3) is 0 Å². The minimum Gasteiger partial charge on any atom is -0.341 e. The van der Waals surface area contributed by atoms with Crippen molar-refractivity contribution in [2.75, 3.05) is 33.2 Å². The lowest BCUT2D eigenvalue weighted by molar-refractivity contribution is -0.145. The van der Waals surface area contributed by atoms with E-state index in [0.29, 0.717) is 26.2 Å². The van der Waals surface area contributed by atoms with Crippen LogP contribution in [0.4, 0.5) is 0 Å². The third-order valence-electron chi connectivity index (χ3n) is 3.83. The Morgan fingerprint density at radius 1 is 1.37 bits per heavy atom. The van der Waals surface area contributed by atoms with Gasteiger partial charge in [0.2, 0.25) is 11.8 Å². The van der Waals surface area contributed by atoms with E-state index in [1.54, 1.807) is 4.90 Å². The summed E-state index contributed by atoms with van der Waals surface area (Å²) in [7, 11) is 1.84. The van der Waals surface area contributed by atoms with Crippen LogP contribution in [0.2, 0.25) is 0 Å². The van der Waals surface area contributed by atoms with E-state index in [9.17, 15) is 9.59 Å². The summed E-state index contributed by atoms with van der Waals surface area (Å²) in [6.07, 6.45) is 1.73. The molecule has 0 aromatic heterocycles. The lowest BCUT2D eigenvalue weighted by Crippen LogP contribution is -2.49. The van der Waals surface area contributed by atoms with Gasteiger partial charge in [-0.05, 0) is 33.7 Å². The van der Waals surface area contributed by atoms with E-state index < -0.39 is 0 Å². The molecule has 0 spiro atoms. The van der Waals surface area contributed by atoms with Crippen molar-refractivity contribution in [3.05, 3.63) is 0 Å². The highest BCUT2D eigenvalue weighted by Gasteiger charge is 2.37. The van der Waals surface area contributed by atoms with Crippen LogP contribution >= 0.6 is 0 Å². The normalized spacial score (nSPS) is 20.4. The van der Waals surface area contributed by atoms with Gasteiger partial charge in [-0.3, -0.25) is 9.59 Å². The smallest absolute Gasteiger partial charge is 0.245 e. The summed E-state index contributed by atoms with van der Waals surface area (Å²) < 4.78 is 0. The summed E-state index contributed by atoms with van der Waals surface area (Å²) in [6.45, 7) is 8.65. The standard InChI is InChI=1S/C14H27N3O2/c1-5-16(6-2)14(19)12-8-7-9-17(12)13(18)11(3)10-15-4/h11-12,15H,5-10H2,1-4H3. The number of carbonyl (C=O) groups excluding carboxylic acids is 2. The van der Waals surface area contributed by atoms with Gasteiger partial charge in [0.05, 0.1) is 0 Å². The molecule has 1 heterocycles. The highest BCUT2D eigenvalue weighted by molar-refractivity contribution is 5.89. The maximum Gasteiger partial charge on any atom is 0.245 e. The number of nitrogens with one attached hydrogen (secondary N) is 1. The zero-order chi connectivity index (χ0) is 14.4. The van der Waals surface area contributed by atoms with Gasteiger partial charge in [-0.15, -0.1) is 0 Å². The summed E-state index contributed by atoms with van der Waals surface area (Å²) in [5.74, 6) is 0.125. The van der Waals surface area contributed by atoms with Crippen molar-refractivity contribution in [3.63, 3.8) is 0 Å². The van der Waals surface area contributed by atoms with Crippen LogP contribution < -0.4 is 5.32 Å². The van der Waals surface area contributed by atoms with Crippen LogP contribution in [-0.4, -0.2) is 60.9 Å². The van der Waals surface area contributed by atoms with Gasteiger partial charge in [0, 0.05) is 32.1 Å². The second-order valence-corrected chi connectivity index (χ2v) is 5.16. The fourth-order valence-electron chi connectivity index (χ4n) is 2.71. The van der Waals surface area contributed by atoms with Gasteiger partial charge in [0.15, 0.2) is 0 Å². The number of carbonyl (C=O) groups is 2. The van der Waals surface area contributed by atoms with Crippen LogP contribution in [0.1, 0.15) is 33.6 Å². The van der Waals surface area contributed by atoms with E-state index in [1.807, 2.05) is 32.7 Å². The van der Waals surface area contributed by atoms with Crippen LogP contribution in [-0.2, 0) is 9.59 Å². The van der Waals surface area contributed by atoms with Crippen LogP contribution in [0.15, 0.2) is 0 Å². The molecule has 1 fully saturated rings. The van der Waals surface area contributed by atoms with Gasteiger partial charge in [-0.2, -0.15) is 0 Å². The largest absolute Gasteiger partial charge is 0.341 e. The maximum atomic E-state index is 12.4. The molecule has 1 aliphatic heterocycles. The summed E-state index contributed by atoms with van der Waals surface area (Å²) in [5, 5.41) is 3.02. The molecule has 0 aromatic rings. The minimum atomic E-state index is -0.244. The fourth-order valence-corrected chi connectivity index (χ4v) is 2.71. The second-order valence-electron chi connectivity index (χ2n) is 5.16. The van der Waals surface area contributed by atoms with E-state index in [4.69, 9.17) is 0 Å². The van der Waals surface area contributed by atoms with Crippen molar-refractivity contribution in [1.82, 2.24) is 15.1 Å². The zero-order valence-corrected chi connectivity index (χ0v) is 12.6. The predicted molar refractivity (Wildman–Crippen MR) is 75.8 cm³/mol. The first kappa shape index (κ1) is 16.0. The number of likely N-dealkylation sites (N-methyl/N-ethyl adjacent to an activating group) is 1. The fraction of sp³-hybridized carbons (Fsp3) is 0.857. The molecular formula is C14H27N3O2. The van der Waals surface area contributed by atoms with Gasteiger partial charge in [-0.1, -0.05) is 6.92 Å². The minimum absolute atomic E-state index is 0.0740. The zero-order valence-electron chi connectivity index (χ0n) is 12.6. The van der Waals surface area contributed by atoms with Gasteiger partial charge >= 0.3 is 0 Å². The van der Waals surface area contributed by atoms with Crippen LogP contribution in [0.5, 0.6) is 0 Å². The number of nitrogens with zero attached hydrogens (tertiary/aromatic N) is 2. The number of likely N-dealkylation sites (tertiary alicyclic amines) is 1. The molecule has 0 radical (unpaired) electrons. The first-order valence-corrected chi connectivity index (χ1v) is 7.30. The molecule has 5 nitrogen and oxygen atoms in total. The van der Waals surface area contributed by atoms with Crippen LogP contribution in [0, 0.1) is 5.92 Å². The van der Waals surface area contributed by atoms with Gasteiger partial charge in [-0.25, -0.2) is 0 Å². The number of hydrogen-bond acceptors (Lipinski definition) is 3. The summed E-state index contributed by atoms with van der Waals surface area (Å²) in [4.78, 5) is 28.4. The Labute approximate surface area is 116 Å². The summed E-state index contributed by atoms with van der Waals surface area (Å²) in [6, 6.07) is -0.244. The molecule has 1 N–H and O–H groups in total. The molecule has 19 heavy (non-hydrogen) atoms. The van der Waals surface area contributed by atoms with Crippen molar-refractivity contribution < 1.29 is 9.59 Å². The molecular weight excluding hydrogens is 242 g/mol. The quantitative estimate of drug-likeness (QED) is 0.772. The average Bonchev–Trinajstić information content (AvgIpc) is 2.88. The van der Waals surface area contributed by atoms with Crippen molar-refractivity contribution in [1.29, 1.82) is 0 Å². The SMILES string of the molecule is CCN(CC)C(=O)C1CCCN1C(=O)C(C)CNC. The Kier molecular flexibility index (Phi) is 6.28. The Balaban J connectivity index is 2.73. The third-order valence-corrected chi connectivity index (χ3v) is 3.83. The summed E-state index contributed by atoms with van der Waals surface area (Å²) in [5.41, 5.74) is 0. The van der Waals surface area contributed by atoms with Crippen molar-refractivity contribution in [3.8, 4) is 0 Å². The Bertz CT molecular complexity index is 316. The second kappa shape index (κ2) is 7.48. The Hall–Kier alpha value is -1.10. The highest BCUT2D eigenvalue weighted by atomic mass is 16.2. The van der Waals surface area contributed by atoms with E-state index >= 15 is 0 Å². The molecule has 2 unspecified atom stereocenters. The van der Waals surface area contributed by atoms with E-state index in [1.165, 1.54) is 0 Å². The first-order chi connectivity index (χ1) is 9.06. The van der Waals surface area contributed by atoms with Crippen molar-refractivity contribution >= 4 is 11.8 Å². The lowest BCUT2D eigenvalue weighted by atomic mass is 10.1. The molecule has 2 atom stereocenters. The molecule has 0 saturated carbocycles. The molecule has 2 amide bonds. The molecule has 0 aromatic carbocycles. The molecule has 0 aliphatic carbocycles. The molecule has 1 saturated heterocycles. The molecule has 1 aliphatic rings. The molecule has 1 rings (SSSR count). The van der Waals surface area contributed by atoms with Gasteiger partial charge < -0.3 is 15.1 Å². The van der Waals surface area contributed by atoms with Crippen molar-refractivity contribution in [2.45, 2.75) is 39.7 Å². The average molecular weight is 269 g/mol. The predicted octanol–water partition coefficient (Wildman–Crippen LogP) is 0.701. The monoisotopic (exact) mass is 269 g/mol. The van der Waals surface area contributed by atoms with Crippen molar-refractivity contribution in [2.24, 2.45) is 5.92 Å². The topological polar surface area (TPSA) is 52.7 Å². The molecule has 5 heteroatoms. The van der Waals surface area contributed by atoms with Gasteiger partial charge in [0.1, 0.15) is 6.04 Å². The van der Waals surface area contributed by atoms with Gasteiger partial charge in [0.25, 0.3) is 0 Å². The summed E-state index contributed by atoms with van der Waals surface area (Å²) >= 11 is 0. The van der Waals surface area contributed by atoms with Crippen LogP contribution in [0.3, 0.4) is 0 Å². The first-order valence-electron chi connectivity index (χ1n) is 7.30. The molecule has 0 bridgehead atoms. The van der Waals surface area contributed by atoms with E-state index in [-0.39, 0.29) is 23.8 Å². The lowest BCUT2D eigenvalue weighted by Gasteiger charge is -2.30. The highest BCUT2D eigenvalue weighted by Crippen LogP contribution is 2.21. The Morgan fingerprint density at radius 3 is 2.53 bits per heavy atom. The third kappa shape index (κ3) is 3.69. The molecule has 110 valence electrons.